The minimum Gasteiger partial charge on any atom is -0.457 e. The molecule has 1 N–H and O–H groups in total. The molecule has 0 atom stereocenters. The predicted molar refractivity (Wildman–Crippen MR) is 101 cm³/mol. The van der Waals surface area contributed by atoms with Gasteiger partial charge in [-0.25, -0.2) is 0 Å². The third kappa shape index (κ3) is 5.79. The lowest BCUT2D eigenvalue weighted by atomic mass is 9.97. The van der Waals surface area contributed by atoms with Crippen LogP contribution in [0.25, 0.3) is 0 Å². The van der Waals surface area contributed by atoms with Gasteiger partial charge in [0, 0.05) is 6.54 Å². The van der Waals surface area contributed by atoms with E-state index in [1.807, 2.05) is 54.6 Å². The molecule has 3 heteroatoms. The number of para-hydroxylation sites is 1. The van der Waals surface area contributed by atoms with Crippen molar-refractivity contribution >= 4 is 5.91 Å². The second-order valence-electron chi connectivity index (χ2n) is 6.44. The number of rotatable bonds is 7. The molecular weight excluding hydrogens is 310 g/mol. The molecule has 3 rings (SSSR count). The Morgan fingerprint density at radius 1 is 0.960 bits per heavy atom. The van der Waals surface area contributed by atoms with Gasteiger partial charge in [-0.2, -0.15) is 0 Å². The third-order valence-electron chi connectivity index (χ3n) is 4.42. The summed E-state index contributed by atoms with van der Waals surface area (Å²) in [6.45, 7) is 0.736. The van der Waals surface area contributed by atoms with E-state index in [1.54, 1.807) is 0 Å². The van der Waals surface area contributed by atoms with Crippen molar-refractivity contribution in [3.8, 4) is 11.5 Å². The zero-order valence-corrected chi connectivity index (χ0v) is 14.5. The normalized spacial score (nSPS) is 13.8. The minimum absolute atomic E-state index is 0.0770. The molecule has 0 aromatic heterocycles. The van der Waals surface area contributed by atoms with Gasteiger partial charge in [0.25, 0.3) is 0 Å². The van der Waals surface area contributed by atoms with E-state index in [4.69, 9.17) is 4.74 Å². The average molecular weight is 335 g/mol. The molecule has 1 aliphatic carbocycles. The molecule has 2 aromatic rings. The topological polar surface area (TPSA) is 38.3 Å². The lowest BCUT2D eigenvalue weighted by Crippen LogP contribution is -2.26. The summed E-state index contributed by atoms with van der Waals surface area (Å²) < 4.78 is 5.76. The fourth-order valence-electron chi connectivity index (χ4n) is 3.04. The molecule has 1 aliphatic rings. The van der Waals surface area contributed by atoms with E-state index in [2.05, 4.69) is 11.4 Å². The lowest BCUT2D eigenvalue weighted by Gasteiger charge is -2.13. The zero-order valence-electron chi connectivity index (χ0n) is 14.5. The first-order valence-electron chi connectivity index (χ1n) is 9.06. The second kappa shape index (κ2) is 9.07. The van der Waals surface area contributed by atoms with E-state index in [0.29, 0.717) is 6.42 Å². The van der Waals surface area contributed by atoms with Gasteiger partial charge < -0.3 is 10.1 Å². The first-order chi connectivity index (χ1) is 12.3. The number of allylic oxidation sites excluding steroid dienone is 1. The molecule has 0 saturated heterocycles. The van der Waals surface area contributed by atoms with Crippen molar-refractivity contribution < 1.29 is 9.53 Å². The summed E-state index contributed by atoms with van der Waals surface area (Å²) >= 11 is 0. The number of hydrogen-bond donors (Lipinski definition) is 1. The molecule has 0 unspecified atom stereocenters. The van der Waals surface area contributed by atoms with Crippen LogP contribution in [0.15, 0.2) is 66.2 Å². The number of benzene rings is 2. The van der Waals surface area contributed by atoms with Crippen molar-refractivity contribution in [3.63, 3.8) is 0 Å². The third-order valence-corrected chi connectivity index (χ3v) is 4.42. The van der Waals surface area contributed by atoms with Crippen LogP contribution in [-0.2, 0) is 11.2 Å². The number of amides is 1. The summed E-state index contributed by atoms with van der Waals surface area (Å²) in [7, 11) is 0. The van der Waals surface area contributed by atoms with Gasteiger partial charge in [-0.3, -0.25) is 4.79 Å². The Labute approximate surface area is 149 Å². The Morgan fingerprint density at radius 2 is 1.72 bits per heavy atom. The maximum absolute atomic E-state index is 12.1. The van der Waals surface area contributed by atoms with Crippen LogP contribution in [0.2, 0.25) is 0 Å². The van der Waals surface area contributed by atoms with Crippen molar-refractivity contribution in [1.82, 2.24) is 5.32 Å². The van der Waals surface area contributed by atoms with Gasteiger partial charge in [0.15, 0.2) is 0 Å². The first-order valence-corrected chi connectivity index (χ1v) is 9.06. The standard InChI is InChI=1S/C22H25NO2/c24-22(23-16-15-18-7-3-1-4-8-18)17-19-11-13-21(14-12-19)25-20-9-5-2-6-10-20/h2,5-7,9-14H,1,3-4,8,15-17H2,(H,23,24). The highest BCUT2D eigenvalue weighted by atomic mass is 16.5. The molecule has 0 bridgehead atoms. The van der Waals surface area contributed by atoms with Gasteiger partial charge in [-0.15, -0.1) is 0 Å². The summed E-state index contributed by atoms with van der Waals surface area (Å²) in [4.78, 5) is 12.1. The maximum atomic E-state index is 12.1. The number of carbonyl (C=O) groups is 1. The van der Waals surface area contributed by atoms with Gasteiger partial charge in [0.05, 0.1) is 6.42 Å². The van der Waals surface area contributed by atoms with Crippen LogP contribution in [0.1, 0.15) is 37.7 Å². The minimum atomic E-state index is 0.0770. The van der Waals surface area contributed by atoms with Gasteiger partial charge >= 0.3 is 0 Å². The Bertz CT molecular complexity index is 705. The predicted octanol–water partition coefficient (Wildman–Crippen LogP) is 5.03. The molecule has 1 amide bonds. The van der Waals surface area contributed by atoms with E-state index in [9.17, 15) is 4.79 Å². The molecule has 2 aromatic carbocycles. The molecule has 0 radical (unpaired) electrons. The van der Waals surface area contributed by atoms with E-state index in [0.717, 1.165) is 30.0 Å². The van der Waals surface area contributed by atoms with Crippen LogP contribution in [-0.4, -0.2) is 12.5 Å². The fourth-order valence-corrected chi connectivity index (χ4v) is 3.04. The van der Waals surface area contributed by atoms with Crippen LogP contribution >= 0.6 is 0 Å². The van der Waals surface area contributed by atoms with Gasteiger partial charge in [-0.1, -0.05) is 42.0 Å². The Balaban J connectivity index is 1.43. The van der Waals surface area contributed by atoms with E-state index >= 15 is 0 Å². The molecule has 0 heterocycles. The molecule has 0 spiro atoms. The van der Waals surface area contributed by atoms with Crippen molar-refractivity contribution in [2.75, 3.05) is 6.54 Å². The van der Waals surface area contributed by atoms with Crippen LogP contribution < -0.4 is 10.1 Å². The number of carbonyl (C=O) groups excluding carboxylic acids is 1. The van der Waals surface area contributed by atoms with Crippen LogP contribution in [0.5, 0.6) is 11.5 Å². The molecule has 25 heavy (non-hydrogen) atoms. The van der Waals surface area contributed by atoms with E-state index < -0.39 is 0 Å². The van der Waals surface area contributed by atoms with Crippen molar-refractivity contribution in [2.45, 2.75) is 38.5 Å². The first kappa shape index (κ1) is 17.3. The summed E-state index contributed by atoms with van der Waals surface area (Å²) in [5.41, 5.74) is 2.49. The van der Waals surface area contributed by atoms with Crippen molar-refractivity contribution in [1.29, 1.82) is 0 Å². The second-order valence-corrected chi connectivity index (χ2v) is 6.44. The highest BCUT2D eigenvalue weighted by molar-refractivity contribution is 5.78. The quantitative estimate of drug-likeness (QED) is 0.721. The SMILES string of the molecule is O=C(Cc1ccc(Oc2ccccc2)cc1)NCCC1=CCCCC1. The van der Waals surface area contributed by atoms with Gasteiger partial charge in [0.2, 0.25) is 5.91 Å². The van der Waals surface area contributed by atoms with Gasteiger partial charge in [-0.05, 0) is 61.9 Å². The van der Waals surface area contributed by atoms with Gasteiger partial charge in [0.1, 0.15) is 11.5 Å². The molecular formula is C22H25NO2. The Morgan fingerprint density at radius 3 is 2.44 bits per heavy atom. The summed E-state index contributed by atoms with van der Waals surface area (Å²) in [5, 5.41) is 3.02. The van der Waals surface area contributed by atoms with E-state index in [1.165, 1.54) is 31.3 Å². The number of hydrogen-bond acceptors (Lipinski definition) is 2. The largest absolute Gasteiger partial charge is 0.457 e. The summed E-state index contributed by atoms with van der Waals surface area (Å²) in [6.07, 6.45) is 8.71. The highest BCUT2D eigenvalue weighted by Crippen LogP contribution is 2.21. The summed E-state index contributed by atoms with van der Waals surface area (Å²) in [5.74, 6) is 1.66. The fraction of sp³-hybridized carbons (Fsp3) is 0.318. The van der Waals surface area contributed by atoms with Crippen molar-refractivity contribution in [3.05, 3.63) is 71.8 Å². The monoisotopic (exact) mass is 335 g/mol. The molecule has 0 aliphatic heterocycles. The smallest absolute Gasteiger partial charge is 0.224 e. The molecule has 130 valence electrons. The van der Waals surface area contributed by atoms with Crippen LogP contribution in [0.3, 0.4) is 0 Å². The molecule has 0 fully saturated rings. The number of ether oxygens (including phenoxy) is 1. The van der Waals surface area contributed by atoms with Crippen LogP contribution in [0.4, 0.5) is 0 Å². The van der Waals surface area contributed by atoms with Crippen molar-refractivity contribution in [2.24, 2.45) is 0 Å². The summed E-state index contributed by atoms with van der Waals surface area (Å²) in [6, 6.07) is 17.4. The molecule has 3 nitrogen and oxygen atoms in total. The van der Waals surface area contributed by atoms with Crippen LogP contribution in [0, 0.1) is 0 Å². The molecule has 0 saturated carbocycles. The zero-order chi connectivity index (χ0) is 17.3. The maximum Gasteiger partial charge on any atom is 0.224 e. The Hall–Kier alpha value is -2.55. The lowest BCUT2D eigenvalue weighted by molar-refractivity contribution is -0.120. The highest BCUT2D eigenvalue weighted by Gasteiger charge is 2.06. The van der Waals surface area contributed by atoms with E-state index in [-0.39, 0.29) is 5.91 Å². The average Bonchev–Trinajstić information content (AvgIpc) is 2.65. The Kier molecular flexibility index (Phi) is 6.27. The number of nitrogens with one attached hydrogen (secondary N) is 1.